The summed E-state index contributed by atoms with van der Waals surface area (Å²) in [5.74, 6) is 0.371. The van der Waals surface area contributed by atoms with Gasteiger partial charge in [-0.15, -0.1) is 0 Å². The van der Waals surface area contributed by atoms with Gasteiger partial charge in [-0.1, -0.05) is 35.6 Å². The van der Waals surface area contributed by atoms with Crippen molar-refractivity contribution in [2.75, 3.05) is 10.7 Å². The van der Waals surface area contributed by atoms with Crippen LogP contribution in [0.15, 0.2) is 70.2 Å². The first-order chi connectivity index (χ1) is 15.3. The van der Waals surface area contributed by atoms with Crippen molar-refractivity contribution in [1.29, 1.82) is 0 Å². The molecule has 4 rings (SSSR count). The Kier molecular flexibility index (Phi) is 6.43. The van der Waals surface area contributed by atoms with E-state index in [1.54, 1.807) is 47.6 Å². The summed E-state index contributed by atoms with van der Waals surface area (Å²) in [4.78, 5) is 19.8. The molecule has 0 unspecified atom stereocenters. The SMILES string of the molecule is Cc1ccc2sc(N(Cc3ccco3)C(=O)CCCS(=O)(=O)c3ccccc3)nc2c1C. The van der Waals surface area contributed by atoms with Crippen LogP contribution in [0, 0.1) is 13.8 Å². The van der Waals surface area contributed by atoms with Gasteiger partial charge in [-0.05, 0) is 61.7 Å². The van der Waals surface area contributed by atoms with E-state index in [4.69, 9.17) is 9.40 Å². The Labute approximate surface area is 191 Å². The number of thiazole rings is 1. The monoisotopic (exact) mass is 468 g/mol. The Bertz CT molecular complexity index is 1330. The largest absolute Gasteiger partial charge is 0.467 e. The lowest BCUT2D eigenvalue weighted by atomic mass is 10.1. The Hall–Kier alpha value is -2.97. The zero-order valence-electron chi connectivity index (χ0n) is 17.9. The van der Waals surface area contributed by atoms with Crippen LogP contribution in [0.3, 0.4) is 0 Å². The van der Waals surface area contributed by atoms with Crippen molar-refractivity contribution in [2.45, 2.75) is 38.1 Å². The van der Waals surface area contributed by atoms with Gasteiger partial charge in [0.15, 0.2) is 15.0 Å². The van der Waals surface area contributed by atoms with Crippen LogP contribution in [0.2, 0.25) is 0 Å². The van der Waals surface area contributed by atoms with Crippen molar-refractivity contribution >= 4 is 42.4 Å². The Morgan fingerprint density at radius 2 is 1.84 bits per heavy atom. The van der Waals surface area contributed by atoms with E-state index in [2.05, 4.69) is 0 Å². The number of amides is 1. The number of benzene rings is 2. The number of carbonyl (C=O) groups excluding carboxylic acids is 1. The highest BCUT2D eigenvalue weighted by Gasteiger charge is 2.23. The Morgan fingerprint density at radius 3 is 2.56 bits per heavy atom. The summed E-state index contributed by atoms with van der Waals surface area (Å²) in [6.07, 6.45) is 1.89. The van der Waals surface area contributed by atoms with Gasteiger partial charge in [0.1, 0.15) is 5.76 Å². The first-order valence-corrected chi connectivity index (χ1v) is 12.8. The highest BCUT2D eigenvalue weighted by Crippen LogP contribution is 2.33. The summed E-state index contributed by atoms with van der Waals surface area (Å²) in [5.41, 5.74) is 3.11. The zero-order valence-corrected chi connectivity index (χ0v) is 19.6. The van der Waals surface area contributed by atoms with Gasteiger partial charge < -0.3 is 4.42 Å². The van der Waals surface area contributed by atoms with Crippen LogP contribution in [0.5, 0.6) is 0 Å². The molecule has 4 aromatic rings. The summed E-state index contributed by atoms with van der Waals surface area (Å²) in [7, 11) is -3.43. The molecular formula is C24H24N2O4S2. The summed E-state index contributed by atoms with van der Waals surface area (Å²) in [6, 6.07) is 16.0. The maximum absolute atomic E-state index is 13.2. The Balaban J connectivity index is 1.54. The number of anilines is 1. The third-order valence-electron chi connectivity index (χ3n) is 5.41. The number of nitrogens with zero attached hydrogens (tertiary/aromatic N) is 2. The predicted octanol–water partition coefficient (Wildman–Crippen LogP) is 5.29. The highest BCUT2D eigenvalue weighted by molar-refractivity contribution is 7.91. The lowest BCUT2D eigenvalue weighted by Gasteiger charge is -2.18. The minimum atomic E-state index is -3.43. The molecule has 0 aliphatic carbocycles. The third-order valence-corrected chi connectivity index (χ3v) is 8.27. The van der Waals surface area contributed by atoms with E-state index in [0.29, 0.717) is 10.9 Å². The second kappa shape index (κ2) is 9.26. The summed E-state index contributed by atoms with van der Waals surface area (Å²) in [5, 5.41) is 0.584. The summed E-state index contributed by atoms with van der Waals surface area (Å²) < 4.78 is 31.6. The number of aromatic nitrogens is 1. The van der Waals surface area contributed by atoms with E-state index in [1.807, 2.05) is 32.0 Å². The van der Waals surface area contributed by atoms with Crippen LogP contribution in [0.25, 0.3) is 10.2 Å². The average Bonchev–Trinajstić information content (AvgIpc) is 3.45. The quantitative estimate of drug-likeness (QED) is 0.351. The normalized spacial score (nSPS) is 11.7. The fraction of sp³-hybridized carbons (Fsp3) is 0.250. The maximum Gasteiger partial charge on any atom is 0.229 e. The molecule has 0 bridgehead atoms. The zero-order chi connectivity index (χ0) is 22.7. The number of hydrogen-bond donors (Lipinski definition) is 0. The molecule has 0 saturated carbocycles. The van der Waals surface area contributed by atoms with Crippen molar-refractivity contribution in [2.24, 2.45) is 0 Å². The molecule has 32 heavy (non-hydrogen) atoms. The fourth-order valence-corrected chi connectivity index (χ4v) is 5.82. The molecule has 2 heterocycles. The number of hydrogen-bond acceptors (Lipinski definition) is 6. The van der Waals surface area contributed by atoms with Crippen molar-refractivity contribution in [3.8, 4) is 0 Å². The molecule has 166 valence electrons. The molecule has 0 saturated heterocycles. The minimum absolute atomic E-state index is 0.0878. The van der Waals surface area contributed by atoms with Crippen molar-refractivity contribution in [1.82, 2.24) is 4.98 Å². The van der Waals surface area contributed by atoms with Crippen molar-refractivity contribution < 1.29 is 17.6 Å². The maximum atomic E-state index is 13.2. The third kappa shape index (κ3) is 4.76. The molecule has 2 aromatic heterocycles. The van der Waals surface area contributed by atoms with Crippen molar-refractivity contribution in [3.63, 3.8) is 0 Å². The molecule has 1 amide bonds. The number of carbonyl (C=O) groups is 1. The number of fused-ring (bicyclic) bond motifs is 1. The molecule has 0 aliphatic rings. The molecule has 0 aliphatic heterocycles. The second-order valence-corrected chi connectivity index (χ2v) is 10.8. The molecule has 0 N–H and O–H groups in total. The highest BCUT2D eigenvalue weighted by atomic mass is 32.2. The molecule has 0 radical (unpaired) electrons. The number of furan rings is 1. The van der Waals surface area contributed by atoms with Gasteiger partial charge >= 0.3 is 0 Å². The van der Waals surface area contributed by atoms with E-state index in [-0.39, 0.29) is 35.9 Å². The summed E-state index contributed by atoms with van der Waals surface area (Å²) in [6.45, 7) is 4.30. The van der Waals surface area contributed by atoms with Crippen LogP contribution in [0.4, 0.5) is 5.13 Å². The van der Waals surface area contributed by atoms with Crippen LogP contribution in [0.1, 0.15) is 29.7 Å². The lowest BCUT2D eigenvalue weighted by molar-refractivity contribution is -0.118. The van der Waals surface area contributed by atoms with Gasteiger partial charge in [-0.2, -0.15) is 0 Å². The predicted molar refractivity (Wildman–Crippen MR) is 127 cm³/mol. The lowest BCUT2D eigenvalue weighted by Crippen LogP contribution is -2.30. The number of sulfone groups is 1. The van der Waals surface area contributed by atoms with Gasteiger partial charge in [-0.25, -0.2) is 13.4 Å². The fourth-order valence-electron chi connectivity index (χ4n) is 3.44. The molecule has 8 heteroatoms. The van der Waals surface area contributed by atoms with Crippen LogP contribution < -0.4 is 4.90 Å². The topological polar surface area (TPSA) is 80.5 Å². The molecular weight excluding hydrogens is 444 g/mol. The summed E-state index contributed by atoms with van der Waals surface area (Å²) >= 11 is 1.45. The van der Waals surface area contributed by atoms with Gasteiger partial charge in [0.2, 0.25) is 5.91 Å². The number of aryl methyl sites for hydroxylation is 2. The van der Waals surface area contributed by atoms with E-state index < -0.39 is 9.84 Å². The average molecular weight is 469 g/mol. The van der Waals surface area contributed by atoms with E-state index in [1.165, 1.54) is 11.3 Å². The molecule has 0 spiro atoms. The Morgan fingerprint density at radius 1 is 1.06 bits per heavy atom. The molecule has 0 fully saturated rings. The first-order valence-electron chi connectivity index (χ1n) is 10.3. The van der Waals surface area contributed by atoms with Crippen molar-refractivity contribution in [3.05, 3.63) is 77.7 Å². The molecule has 2 aromatic carbocycles. The van der Waals surface area contributed by atoms with Gasteiger partial charge in [0.25, 0.3) is 0 Å². The van der Waals surface area contributed by atoms with Crippen LogP contribution >= 0.6 is 11.3 Å². The van der Waals surface area contributed by atoms with Gasteiger partial charge in [-0.3, -0.25) is 9.69 Å². The van der Waals surface area contributed by atoms with E-state index in [9.17, 15) is 13.2 Å². The molecule has 0 atom stereocenters. The second-order valence-electron chi connectivity index (χ2n) is 7.65. The standard InChI is InChI=1S/C24H24N2O4S2/c1-17-12-13-21-23(18(17)2)25-24(31-21)26(16-19-8-6-14-30-19)22(27)11-7-15-32(28,29)20-9-4-3-5-10-20/h3-6,8-10,12-14H,7,11,15-16H2,1-2H3. The van der Waals surface area contributed by atoms with Gasteiger partial charge in [0, 0.05) is 6.42 Å². The van der Waals surface area contributed by atoms with Crippen LogP contribution in [-0.4, -0.2) is 25.1 Å². The van der Waals surface area contributed by atoms with E-state index >= 15 is 0 Å². The van der Waals surface area contributed by atoms with Crippen LogP contribution in [-0.2, 0) is 21.2 Å². The molecule has 6 nitrogen and oxygen atoms in total. The van der Waals surface area contributed by atoms with E-state index in [0.717, 1.165) is 21.3 Å². The number of rotatable bonds is 8. The van der Waals surface area contributed by atoms with Gasteiger partial charge in [0.05, 0.1) is 33.7 Å². The smallest absolute Gasteiger partial charge is 0.229 e. The minimum Gasteiger partial charge on any atom is -0.467 e. The first kappa shape index (κ1) is 22.2.